The fraction of sp³-hybridized carbons (Fsp3) is 0.722. The molecule has 2 nitrogen and oxygen atoms in total. The number of carboxylic acid groups (broad SMARTS) is 1. The van der Waals surface area contributed by atoms with Gasteiger partial charge in [0.25, 0.3) is 0 Å². The topological polar surface area (TPSA) is 40.1 Å². The molecule has 116 valence electrons. The summed E-state index contributed by atoms with van der Waals surface area (Å²) in [6, 6.07) is 0. The van der Waals surface area contributed by atoms with Gasteiger partial charge in [-0.25, -0.2) is 0 Å². The predicted octanol–water partition coefficient (Wildman–Crippen LogP) is 1.55. The maximum atomic E-state index is 10.2. The van der Waals surface area contributed by atoms with Crippen molar-refractivity contribution in [3.8, 4) is 0 Å². The van der Waals surface area contributed by atoms with Crippen molar-refractivity contribution in [3.05, 3.63) is 24.3 Å². The molecule has 0 saturated heterocycles. The van der Waals surface area contributed by atoms with Crippen LogP contribution in [0.2, 0.25) is 0 Å². The molecule has 0 aromatic heterocycles. The van der Waals surface area contributed by atoms with Gasteiger partial charge in [-0.1, -0.05) is 63.3 Å². The van der Waals surface area contributed by atoms with Crippen molar-refractivity contribution < 1.29 is 78.8 Å². The van der Waals surface area contributed by atoms with Gasteiger partial charge in [0.1, 0.15) is 0 Å². The molecule has 21 heavy (non-hydrogen) atoms. The molecule has 0 N–H and O–H groups in total. The number of rotatable bonds is 14. The molecule has 0 heterocycles. The number of unbranched alkanes of at least 4 members (excludes halogenated alkanes) is 8. The molecule has 0 unspecified atom stereocenters. The molecule has 0 saturated carbocycles. The zero-order valence-corrected chi connectivity index (χ0v) is 20.4. The van der Waals surface area contributed by atoms with Crippen LogP contribution in [0.4, 0.5) is 0 Å². The first-order valence-electron chi connectivity index (χ1n) is 8.27. The Morgan fingerprint density at radius 1 is 0.810 bits per heavy atom. The van der Waals surface area contributed by atoms with E-state index in [1.54, 1.807) is 0 Å². The van der Waals surface area contributed by atoms with Crippen molar-refractivity contribution in [1.29, 1.82) is 0 Å². The molecule has 0 amide bonds. The van der Waals surface area contributed by atoms with Crippen LogP contribution in [-0.4, -0.2) is 5.97 Å². The van der Waals surface area contributed by atoms with Gasteiger partial charge in [-0.3, -0.25) is 0 Å². The van der Waals surface area contributed by atoms with Gasteiger partial charge in [-0.05, 0) is 44.9 Å². The smallest absolute Gasteiger partial charge is 0.550 e. The second kappa shape index (κ2) is 21.0. The predicted molar refractivity (Wildman–Crippen MR) is 84.4 cm³/mol. The van der Waals surface area contributed by atoms with E-state index in [1.165, 1.54) is 38.5 Å². The van der Waals surface area contributed by atoms with Gasteiger partial charge in [0.15, 0.2) is 0 Å². The zero-order valence-electron chi connectivity index (χ0n) is 14.1. The molecule has 3 heteroatoms. The number of carbonyl (C=O) groups excluding carboxylic acids is 1. The first-order valence-corrected chi connectivity index (χ1v) is 8.27. The molecule has 0 aliphatic heterocycles. The standard InChI is InChI=1S/C18H32O2.Cs/c1-2-3-4-5-6-7-8-9-10-11-12-13-14-15-16-17-18(19)20;/h6-7,9-10H,2-5,8,11-17H2,1H3,(H,19,20);/q;+1/p-1/b7-6-,10-9-;. The first-order chi connectivity index (χ1) is 9.77. The van der Waals surface area contributed by atoms with E-state index in [2.05, 4.69) is 31.2 Å². The Balaban J connectivity index is 0. The fourth-order valence-electron chi connectivity index (χ4n) is 2.08. The second-order valence-corrected chi connectivity index (χ2v) is 5.35. The molecule has 0 spiro atoms. The third-order valence-electron chi connectivity index (χ3n) is 3.33. The molecule has 0 aliphatic carbocycles. The van der Waals surface area contributed by atoms with E-state index < -0.39 is 5.97 Å². The van der Waals surface area contributed by atoms with Crippen molar-refractivity contribution in [3.63, 3.8) is 0 Å². The van der Waals surface area contributed by atoms with E-state index in [-0.39, 0.29) is 75.3 Å². The molecule has 0 rings (SSSR count). The third-order valence-corrected chi connectivity index (χ3v) is 3.33. The van der Waals surface area contributed by atoms with Crippen LogP contribution >= 0.6 is 0 Å². The SMILES string of the molecule is CCCCC/C=C\C/C=C\CCCCCCCC(=O)[O-].[Cs+]. The molecule has 0 aromatic carbocycles. The van der Waals surface area contributed by atoms with Crippen LogP contribution in [0, 0.1) is 0 Å². The molecule has 0 atom stereocenters. The summed E-state index contributed by atoms with van der Waals surface area (Å²) in [5.41, 5.74) is 0. The van der Waals surface area contributed by atoms with E-state index in [1.807, 2.05) is 0 Å². The summed E-state index contributed by atoms with van der Waals surface area (Å²) in [5.74, 6) is -0.921. The summed E-state index contributed by atoms with van der Waals surface area (Å²) >= 11 is 0. The number of carbonyl (C=O) groups is 1. The minimum Gasteiger partial charge on any atom is -0.550 e. The van der Waals surface area contributed by atoms with Crippen LogP contribution in [-0.2, 0) is 4.79 Å². The first kappa shape index (κ1) is 24.3. The van der Waals surface area contributed by atoms with E-state index >= 15 is 0 Å². The number of carboxylic acids is 1. The molecule has 0 aliphatic rings. The van der Waals surface area contributed by atoms with E-state index in [0.29, 0.717) is 0 Å². The Morgan fingerprint density at radius 2 is 1.33 bits per heavy atom. The Labute approximate surface area is 190 Å². The van der Waals surface area contributed by atoms with Gasteiger partial charge in [-0.15, -0.1) is 0 Å². The molecule has 0 radical (unpaired) electrons. The number of aliphatic carboxylic acids is 1. The van der Waals surface area contributed by atoms with Crippen molar-refractivity contribution in [1.82, 2.24) is 0 Å². The van der Waals surface area contributed by atoms with Gasteiger partial charge < -0.3 is 9.90 Å². The van der Waals surface area contributed by atoms with Crippen molar-refractivity contribution in [2.75, 3.05) is 0 Å². The van der Waals surface area contributed by atoms with Crippen LogP contribution in [0.25, 0.3) is 0 Å². The Morgan fingerprint density at radius 3 is 1.90 bits per heavy atom. The summed E-state index contributed by atoms with van der Waals surface area (Å²) < 4.78 is 0. The number of allylic oxidation sites excluding steroid dienone is 4. The molecule has 0 fully saturated rings. The van der Waals surface area contributed by atoms with E-state index in [4.69, 9.17) is 0 Å². The Kier molecular flexibility index (Phi) is 24.3. The van der Waals surface area contributed by atoms with Gasteiger partial charge in [0.2, 0.25) is 0 Å². The Bertz CT molecular complexity index is 272. The molecular formula is C18H31CsO2. The van der Waals surface area contributed by atoms with Crippen LogP contribution in [0.15, 0.2) is 24.3 Å². The number of hydrogen-bond acceptors (Lipinski definition) is 2. The maximum absolute atomic E-state index is 10.2. The van der Waals surface area contributed by atoms with Crippen molar-refractivity contribution in [2.24, 2.45) is 0 Å². The molecular weight excluding hydrogens is 381 g/mol. The van der Waals surface area contributed by atoms with Crippen molar-refractivity contribution in [2.45, 2.75) is 84.0 Å². The zero-order chi connectivity index (χ0) is 14.9. The summed E-state index contributed by atoms with van der Waals surface area (Å²) in [4.78, 5) is 10.2. The third kappa shape index (κ3) is 23.4. The van der Waals surface area contributed by atoms with Crippen LogP contribution in [0.1, 0.15) is 84.0 Å². The van der Waals surface area contributed by atoms with Crippen LogP contribution in [0.5, 0.6) is 0 Å². The average Bonchev–Trinajstić information content (AvgIpc) is 2.43. The number of hydrogen-bond donors (Lipinski definition) is 0. The minimum atomic E-state index is -0.921. The minimum absolute atomic E-state index is 0. The summed E-state index contributed by atoms with van der Waals surface area (Å²) in [7, 11) is 0. The Hall–Kier alpha value is 1.00. The normalized spacial score (nSPS) is 11.1. The average molecular weight is 412 g/mol. The monoisotopic (exact) mass is 412 g/mol. The molecule has 0 bridgehead atoms. The van der Waals surface area contributed by atoms with Crippen LogP contribution < -0.4 is 74.0 Å². The van der Waals surface area contributed by atoms with Gasteiger partial charge in [0, 0.05) is 5.97 Å². The van der Waals surface area contributed by atoms with Crippen molar-refractivity contribution >= 4 is 5.97 Å². The molecule has 0 aromatic rings. The van der Waals surface area contributed by atoms with Crippen LogP contribution in [0.3, 0.4) is 0 Å². The summed E-state index contributed by atoms with van der Waals surface area (Å²) in [5, 5.41) is 10.2. The summed E-state index contributed by atoms with van der Waals surface area (Å²) in [6.45, 7) is 2.23. The fourth-order valence-corrected chi connectivity index (χ4v) is 2.08. The van der Waals surface area contributed by atoms with E-state index in [0.717, 1.165) is 32.1 Å². The second-order valence-electron chi connectivity index (χ2n) is 5.35. The van der Waals surface area contributed by atoms with Gasteiger partial charge >= 0.3 is 68.9 Å². The maximum Gasteiger partial charge on any atom is 1.00 e. The van der Waals surface area contributed by atoms with Gasteiger partial charge in [-0.2, -0.15) is 0 Å². The van der Waals surface area contributed by atoms with E-state index in [9.17, 15) is 9.90 Å². The quantitative estimate of drug-likeness (QED) is 0.321. The van der Waals surface area contributed by atoms with Gasteiger partial charge in [0.05, 0.1) is 0 Å². The largest absolute Gasteiger partial charge is 1.00 e. The summed E-state index contributed by atoms with van der Waals surface area (Å²) in [6.07, 6.45) is 21.9.